The van der Waals surface area contributed by atoms with E-state index < -0.39 is 0 Å². The van der Waals surface area contributed by atoms with Gasteiger partial charge in [-0.2, -0.15) is 0 Å². The minimum Gasteiger partial charge on any atom is -0.334 e. The largest absolute Gasteiger partial charge is 0.334 e. The van der Waals surface area contributed by atoms with Crippen LogP contribution in [-0.2, 0) is 0 Å². The molecule has 2 rings (SSSR count). The van der Waals surface area contributed by atoms with Crippen LogP contribution in [0.3, 0.4) is 0 Å². The minimum atomic E-state index is 0.0235. The third-order valence-electron chi connectivity index (χ3n) is 2.67. The summed E-state index contributed by atoms with van der Waals surface area (Å²) >= 11 is 6.85. The van der Waals surface area contributed by atoms with Crippen molar-refractivity contribution in [1.82, 2.24) is 14.5 Å². The summed E-state index contributed by atoms with van der Waals surface area (Å²) in [4.78, 5) is 14.5. The van der Waals surface area contributed by atoms with E-state index in [9.17, 15) is 4.79 Å². The van der Waals surface area contributed by atoms with Crippen LogP contribution in [0.15, 0.2) is 6.20 Å². The van der Waals surface area contributed by atoms with E-state index in [1.807, 2.05) is 4.90 Å². The number of aromatic nitrogens is 2. The fourth-order valence-corrected chi connectivity index (χ4v) is 2.30. The van der Waals surface area contributed by atoms with Crippen molar-refractivity contribution >= 4 is 29.0 Å². The van der Waals surface area contributed by atoms with E-state index in [1.165, 1.54) is 12.6 Å². The first-order valence-corrected chi connectivity index (χ1v) is 6.28. The van der Waals surface area contributed by atoms with Gasteiger partial charge in [-0.05, 0) is 30.8 Å². The quantitative estimate of drug-likeness (QED) is 0.760. The van der Waals surface area contributed by atoms with Gasteiger partial charge in [0.25, 0.3) is 5.91 Å². The highest BCUT2D eigenvalue weighted by atomic mass is 35.5. The number of rotatable bonds is 4. The summed E-state index contributed by atoms with van der Waals surface area (Å²) in [6, 6.07) is 0.373. The Balaban J connectivity index is 2.06. The molecule has 0 unspecified atom stereocenters. The highest BCUT2D eigenvalue weighted by molar-refractivity contribution is 7.07. The minimum absolute atomic E-state index is 0.0235. The standard InChI is InChI=1S/C9H12ClN3OS/c10-4-5-13(7-2-1-3-7)9(14)8-6-11-12-15-8/h6-7H,1-5H2. The first-order chi connectivity index (χ1) is 7.33. The molecular formula is C9H12ClN3OS. The van der Waals surface area contributed by atoms with Gasteiger partial charge in [-0.1, -0.05) is 4.49 Å². The maximum Gasteiger partial charge on any atom is 0.267 e. The Kier molecular flexibility index (Phi) is 3.53. The van der Waals surface area contributed by atoms with E-state index in [1.54, 1.807) is 0 Å². The summed E-state index contributed by atoms with van der Waals surface area (Å²) in [5.74, 6) is 0.504. The zero-order valence-corrected chi connectivity index (χ0v) is 9.80. The van der Waals surface area contributed by atoms with E-state index in [4.69, 9.17) is 11.6 Å². The van der Waals surface area contributed by atoms with Gasteiger partial charge in [0.15, 0.2) is 0 Å². The number of amides is 1. The van der Waals surface area contributed by atoms with Crippen molar-refractivity contribution in [3.63, 3.8) is 0 Å². The Morgan fingerprint density at radius 3 is 2.93 bits per heavy atom. The lowest BCUT2D eigenvalue weighted by Gasteiger charge is -2.36. The summed E-state index contributed by atoms with van der Waals surface area (Å²) in [6.45, 7) is 0.614. The molecule has 0 spiro atoms. The molecule has 1 fully saturated rings. The molecule has 1 aromatic rings. The third kappa shape index (κ3) is 2.29. The number of halogens is 1. The molecule has 0 bridgehead atoms. The molecule has 4 nitrogen and oxygen atoms in total. The zero-order chi connectivity index (χ0) is 10.7. The van der Waals surface area contributed by atoms with Crippen molar-refractivity contribution in [2.75, 3.05) is 12.4 Å². The lowest BCUT2D eigenvalue weighted by molar-refractivity contribution is 0.0602. The molecule has 0 N–H and O–H groups in total. The topological polar surface area (TPSA) is 46.1 Å². The van der Waals surface area contributed by atoms with Crippen molar-refractivity contribution in [2.45, 2.75) is 25.3 Å². The molecule has 1 aliphatic carbocycles. The van der Waals surface area contributed by atoms with Gasteiger partial charge in [0.05, 0.1) is 6.20 Å². The van der Waals surface area contributed by atoms with Crippen LogP contribution >= 0.6 is 23.1 Å². The molecule has 1 amide bonds. The molecule has 15 heavy (non-hydrogen) atoms. The van der Waals surface area contributed by atoms with Crippen LogP contribution in [0.25, 0.3) is 0 Å². The Morgan fingerprint density at radius 2 is 2.47 bits per heavy atom. The Morgan fingerprint density at radius 1 is 1.67 bits per heavy atom. The highest BCUT2D eigenvalue weighted by Gasteiger charge is 2.29. The van der Waals surface area contributed by atoms with Gasteiger partial charge in [0.2, 0.25) is 0 Å². The van der Waals surface area contributed by atoms with E-state index in [-0.39, 0.29) is 5.91 Å². The highest BCUT2D eigenvalue weighted by Crippen LogP contribution is 2.26. The van der Waals surface area contributed by atoms with Gasteiger partial charge in [-0.25, -0.2) is 0 Å². The van der Waals surface area contributed by atoms with Crippen LogP contribution in [-0.4, -0.2) is 38.9 Å². The fourth-order valence-electron chi connectivity index (χ4n) is 1.64. The number of alkyl halides is 1. The lowest BCUT2D eigenvalue weighted by Crippen LogP contribution is -2.45. The molecule has 0 saturated heterocycles. The second-order valence-electron chi connectivity index (χ2n) is 3.55. The van der Waals surface area contributed by atoms with E-state index in [0.717, 1.165) is 24.4 Å². The van der Waals surface area contributed by atoms with Crippen LogP contribution in [0, 0.1) is 0 Å². The Hall–Kier alpha value is -0.680. The zero-order valence-electron chi connectivity index (χ0n) is 8.23. The molecule has 6 heteroatoms. The maximum absolute atomic E-state index is 12.0. The van der Waals surface area contributed by atoms with Crippen molar-refractivity contribution in [1.29, 1.82) is 0 Å². The second-order valence-corrected chi connectivity index (χ2v) is 4.72. The molecule has 0 atom stereocenters. The van der Waals surface area contributed by atoms with Crippen LogP contribution in [0.4, 0.5) is 0 Å². The number of hydrogen-bond donors (Lipinski definition) is 0. The van der Waals surface area contributed by atoms with E-state index >= 15 is 0 Å². The number of nitrogens with zero attached hydrogens (tertiary/aromatic N) is 3. The second kappa shape index (κ2) is 4.90. The molecular weight excluding hydrogens is 234 g/mol. The van der Waals surface area contributed by atoms with Crippen molar-refractivity contribution < 1.29 is 4.79 Å². The third-order valence-corrected chi connectivity index (χ3v) is 3.50. The molecule has 1 aromatic heterocycles. The summed E-state index contributed by atoms with van der Waals surface area (Å²) in [5.41, 5.74) is 0. The fraction of sp³-hybridized carbons (Fsp3) is 0.667. The summed E-state index contributed by atoms with van der Waals surface area (Å²) in [6.07, 6.45) is 4.91. The molecule has 1 aliphatic rings. The van der Waals surface area contributed by atoms with E-state index in [2.05, 4.69) is 9.59 Å². The average molecular weight is 246 g/mol. The number of carbonyl (C=O) groups is 1. The van der Waals surface area contributed by atoms with Gasteiger partial charge in [-0.3, -0.25) is 4.79 Å². The van der Waals surface area contributed by atoms with E-state index in [0.29, 0.717) is 23.3 Å². The predicted octanol–water partition coefficient (Wildman–Crippen LogP) is 1.77. The molecule has 0 aromatic carbocycles. The van der Waals surface area contributed by atoms with Gasteiger partial charge < -0.3 is 4.90 Å². The molecule has 82 valence electrons. The molecule has 1 heterocycles. The van der Waals surface area contributed by atoms with Crippen LogP contribution in [0.2, 0.25) is 0 Å². The smallest absolute Gasteiger partial charge is 0.267 e. The maximum atomic E-state index is 12.0. The lowest BCUT2D eigenvalue weighted by atomic mass is 9.91. The molecule has 0 radical (unpaired) electrons. The van der Waals surface area contributed by atoms with Gasteiger partial charge in [0.1, 0.15) is 4.88 Å². The summed E-state index contributed by atoms with van der Waals surface area (Å²) < 4.78 is 3.70. The first-order valence-electron chi connectivity index (χ1n) is 4.97. The van der Waals surface area contributed by atoms with Crippen molar-refractivity contribution in [3.05, 3.63) is 11.1 Å². The summed E-state index contributed by atoms with van der Waals surface area (Å²) in [5, 5.41) is 3.68. The van der Waals surface area contributed by atoms with Crippen LogP contribution in [0.5, 0.6) is 0 Å². The van der Waals surface area contributed by atoms with Crippen LogP contribution < -0.4 is 0 Å². The Bertz CT molecular complexity index is 326. The van der Waals surface area contributed by atoms with Gasteiger partial charge in [-0.15, -0.1) is 16.7 Å². The molecule has 0 aliphatic heterocycles. The van der Waals surface area contributed by atoms with Gasteiger partial charge in [0, 0.05) is 18.5 Å². The monoisotopic (exact) mass is 245 g/mol. The van der Waals surface area contributed by atoms with Crippen molar-refractivity contribution in [3.8, 4) is 0 Å². The summed E-state index contributed by atoms with van der Waals surface area (Å²) in [7, 11) is 0. The normalized spacial score (nSPS) is 16.1. The van der Waals surface area contributed by atoms with Crippen LogP contribution in [0.1, 0.15) is 28.9 Å². The first kappa shape index (κ1) is 10.8. The molecule has 1 saturated carbocycles. The number of hydrogen-bond acceptors (Lipinski definition) is 4. The Labute approximate surface area is 97.4 Å². The number of carbonyl (C=O) groups excluding carboxylic acids is 1. The SMILES string of the molecule is O=C(c1cnns1)N(CCCl)C1CCC1. The average Bonchev–Trinajstić information content (AvgIpc) is 2.66. The predicted molar refractivity (Wildman–Crippen MR) is 59.3 cm³/mol. The van der Waals surface area contributed by atoms with Crippen molar-refractivity contribution in [2.24, 2.45) is 0 Å². The van der Waals surface area contributed by atoms with Gasteiger partial charge >= 0.3 is 0 Å².